The zero-order chi connectivity index (χ0) is 25.3. The predicted molar refractivity (Wildman–Crippen MR) is 141 cm³/mol. The number of hydrogen-bond acceptors (Lipinski definition) is 7. The Bertz CT molecular complexity index is 1460. The first kappa shape index (κ1) is 24.1. The van der Waals surface area contributed by atoms with Gasteiger partial charge in [-0.1, -0.05) is 24.6 Å². The molecule has 0 saturated heterocycles. The maximum absolute atomic E-state index is 13.6. The number of hydrogen-bond donors (Lipinski definition) is 1. The zero-order valence-electron chi connectivity index (χ0n) is 20.9. The molecular formula is C27H30N6O2S. The average molecular weight is 503 g/mol. The van der Waals surface area contributed by atoms with Crippen LogP contribution in [0.25, 0.3) is 10.9 Å². The van der Waals surface area contributed by atoms with Crippen LogP contribution in [0, 0.1) is 6.92 Å². The fourth-order valence-electron chi connectivity index (χ4n) is 4.43. The van der Waals surface area contributed by atoms with Gasteiger partial charge in [-0.2, -0.15) is 0 Å². The number of aryl methyl sites for hydroxylation is 1. The molecule has 0 aliphatic rings. The number of nitrogens with zero attached hydrogens (tertiary/aromatic N) is 5. The van der Waals surface area contributed by atoms with Crippen molar-refractivity contribution in [3.8, 4) is 0 Å². The van der Waals surface area contributed by atoms with E-state index < -0.39 is 6.04 Å². The van der Waals surface area contributed by atoms with Gasteiger partial charge in [0.2, 0.25) is 0 Å². The molecule has 0 spiro atoms. The van der Waals surface area contributed by atoms with Crippen molar-refractivity contribution in [2.24, 2.45) is 0 Å². The first-order chi connectivity index (χ1) is 17.4. The van der Waals surface area contributed by atoms with Crippen LogP contribution in [0.1, 0.15) is 60.8 Å². The van der Waals surface area contributed by atoms with Crippen LogP contribution in [-0.2, 0) is 18.6 Å². The van der Waals surface area contributed by atoms with Crippen LogP contribution in [0.4, 0.5) is 0 Å². The van der Waals surface area contributed by atoms with E-state index in [1.54, 1.807) is 17.6 Å². The lowest BCUT2D eigenvalue weighted by Gasteiger charge is -2.33. The number of aromatic nitrogens is 5. The first-order valence-corrected chi connectivity index (χ1v) is 12.9. The highest BCUT2D eigenvalue weighted by Gasteiger charge is 2.35. The van der Waals surface area contributed by atoms with Crippen LogP contribution in [0.15, 0.2) is 69.4 Å². The first-order valence-electron chi connectivity index (χ1n) is 12.1. The smallest absolute Gasteiger partial charge is 0.253 e. The van der Waals surface area contributed by atoms with Crippen molar-refractivity contribution in [3.63, 3.8) is 0 Å². The molecule has 0 bridgehead atoms. The molecule has 5 rings (SSSR count). The lowest BCUT2D eigenvalue weighted by atomic mass is 9.98. The minimum absolute atomic E-state index is 0.157. The van der Waals surface area contributed by atoms with E-state index in [0.717, 1.165) is 28.6 Å². The third-order valence-electron chi connectivity index (χ3n) is 6.74. The highest BCUT2D eigenvalue weighted by atomic mass is 32.1. The van der Waals surface area contributed by atoms with Gasteiger partial charge in [0.1, 0.15) is 11.8 Å². The Kier molecular flexibility index (Phi) is 6.59. The third kappa shape index (κ3) is 4.76. The Hall–Kier alpha value is -3.56. The number of fused-ring (bicyclic) bond motifs is 1. The van der Waals surface area contributed by atoms with Gasteiger partial charge in [0, 0.05) is 22.5 Å². The van der Waals surface area contributed by atoms with Crippen LogP contribution in [-0.4, -0.2) is 30.1 Å². The minimum Gasteiger partial charge on any atom is -0.468 e. The number of thiophene rings is 1. The highest BCUT2D eigenvalue weighted by Crippen LogP contribution is 2.33. The summed E-state index contributed by atoms with van der Waals surface area (Å²) < 4.78 is 7.60. The number of nitrogens with one attached hydrogen (secondary N) is 1. The molecule has 186 valence electrons. The quantitative estimate of drug-likeness (QED) is 0.290. The Labute approximate surface area is 213 Å². The van der Waals surface area contributed by atoms with Crippen molar-refractivity contribution in [3.05, 3.63) is 98.1 Å². The molecule has 4 heterocycles. The second kappa shape index (κ2) is 9.83. The monoisotopic (exact) mass is 502 g/mol. The van der Waals surface area contributed by atoms with E-state index in [9.17, 15) is 4.79 Å². The summed E-state index contributed by atoms with van der Waals surface area (Å²) in [5.41, 5.74) is 2.03. The summed E-state index contributed by atoms with van der Waals surface area (Å²) in [6.07, 6.45) is 2.50. The van der Waals surface area contributed by atoms with Gasteiger partial charge in [-0.15, -0.1) is 16.4 Å². The molecule has 1 aromatic carbocycles. The Morgan fingerprint density at radius 2 is 2.03 bits per heavy atom. The molecule has 9 heteroatoms. The molecule has 5 aromatic rings. The van der Waals surface area contributed by atoms with Gasteiger partial charge in [0.15, 0.2) is 5.82 Å². The normalized spacial score (nSPS) is 13.0. The van der Waals surface area contributed by atoms with Gasteiger partial charge in [-0.05, 0) is 84.8 Å². The fourth-order valence-corrected chi connectivity index (χ4v) is 5.16. The number of rotatable bonds is 9. The maximum atomic E-state index is 13.6. The Morgan fingerprint density at radius 1 is 1.17 bits per heavy atom. The van der Waals surface area contributed by atoms with Crippen LogP contribution in [0.3, 0.4) is 0 Å². The summed E-state index contributed by atoms with van der Waals surface area (Å²) in [7, 11) is 0. The van der Waals surface area contributed by atoms with Crippen LogP contribution in [0.5, 0.6) is 0 Å². The molecular weight excluding hydrogens is 472 g/mol. The summed E-state index contributed by atoms with van der Waals surface area (Å²) in [5, 5.41) is 16.0. The predicted octanol–water partition coefficient (Wildman–Crippen LogP) is 5.41. The third-order valence-corrected chi connectivity index (χ3v) is 7.60. The molecule has 0 radical (unpaired) electrons. The van der Waals surface area contributed by atoms with Crippen LogP contribution in [0.2, 0.25) is 0 Å². The summed E-state index contributed by atoms with van der Waals surface area (Å²) >= 11 is 1.68. The fraction of sp³-hybridized carbons (Fsp3) is 0.333. The maximum Gasteiger partial charge on any atom is 0.253 e. The van der Waals surface area contributed by atoms with Crippen molar-refractivity contribution >= 4 is 22.2 Å². The molecule has 1 atom stereocenters. The van der Waals surface area contributed by atoms with E-state index in [1.807, 2.05) is 48.0 Å². The molecule has 36 heavy (non-hydrogen) atoms. The van der Waals surface area contributed by atoms with Crippen molar-refractivity contribution in [1.29, 1.82) is 0 Å². The second-order valence-corrected chi connectivity index (χ2v) is 10.8. The van der Waals surface area contributed by atoms with Crippen LogP contribution >= 0.6 is 11.3 Å². The van der Waals surface area contributed by atoms with Gasteiger partial charge in [0.25, 0.3) is 5.56 Å². The number of benzene rings is 1. The van der Waals surface area contributed by atoms with Gasteiger partial charge >= 0.3 is 0 Å². The summed E-state index contributed by atoms with van der Waals surface area (Å²) in [6, 6.07) is 15.5. The molecule has 4 aromatic heterocycles. The molecule has 0 amide bonds. The van der Waals surface area contributed by atoms with Crippen molar-refractivity contribution in [2.75, 3.05) is 0 Å². The molecule has 0 saturated carbocycles. The number of tetrazole rings is 1. The lowest BCUT2D eigenvalue weighted by molar-refractivity contribution is 0.170. The largest absolute Gasteiger partial charge is 0.468 e. The number of pyridine rings is 1. The van der Waals surface area contributed by atoms with Crippen LogP contribution < -0.4 is 5.56 Å². The molecule has 1 unspecified atom stereocenters. The van der Waals surface area contributed by atoms with Crippen molar-refractivity contribution < 1.29 is 4.42 Å². The minimum atomic E-state index is -0.508. The molecule has 1 N–H and O–H groups in total. The van der Waals surface area contributed by atoms with E-state index in [2.05, 4.69) is 63.7 Å². The van der Waals surface area contributed by atoms with E-state index in [-0.39, 0.29) is 11.1 Å². The molecule has 0 aliphatic heterocycles. The summed E-state index contributed by atoms with van der Waals surface area (Å²) in [6.45, 7) is 9.46. The summed E-state index contributed by atoms with van der Waals surface area (Å²) in [5.74, 6) is 1.43. The van der Waals surface area contributed by atoms with Gasteiger partial charge < -0.3 is 9.40 Å². The standard InChI is InChI=1S/C27H30N6O2S/c1-5-27(3,4)33-25(29-30-31-33)24(22-15-19-14-18(2)10-11-23(19)28-26(22)34)32(16-20-8-6-12-35-20)17-21-9-7-13-36-21/h6-15,24H,5,16-17H2,1-4H3,(H,28,34). The summed E-state index contributed by atoms with van der Waals surface area (Å²) in [4.78, 5) is 20.1. The number of furan rings is 1. The van der Waals surface area contributed by atoms with E-state index in [0.29, 0.717) is 24.5 Å². The Morgan fingerprint density at radius 3 is 2.75 bits per heavy atom. The molecule has 0 aliphatic carbocycles. The molecule has 0 fully saturated rings. The van der Waals surface area contributed by atoms with E-state index in [1.165, 1.54) is 4.88 Å². The van der Waals surface area contributed by atoms with Gasteiger partial charge in [-0.3, -0.25) is 9.69 Å². The van der Waals surface area contributed by atoms with Crippen molar-refractivity contribution in [1.82, 2.24) is 30.1 Å². The van der Waals surface area contributed by atoms with Gasteiger partial charge in [-0.25, -0.2) is 4.68 Å². The second-order valence-electron chi connectivity index (χ2n) is 9.73. The number of H-pyrrole nitrogens is 1. The zero-order valence-corrected chi connectivity index (χ0v) is 21.7. The van der Waals surface area contributed by atoms with Gasteiger partial charge in [0.05, 0.1) is 18.3 Å². The SMILES string of the molecule is CCC(C)(C)n1nnnc1C(c1cc2cc(C)ccc2[nH]c1=O)N(Cc1ccco1)Cc1cccs1. The topological polar surface area (TPSA) is 92.8 Å². The van der Waals surface area contributed by atoms with Crippen molar-refractivity contribution in [2.45, 2.75) is 58.8 Å². The average Bonchev–Trinajstić information content (AvgIpc) is 3.63. The number of aromatic amines is 1. The lowest BCUT2D eigenvalue weighted by Crippen LogP contribution is -2.37. The van der Waals surface area contributed by atoms with E-state index in [4.69, 9.17) is 4.42 Å². The Balaban J connectivity index is 1.73. The van der Waals surface area contributed by atoms with E-state index >= 15 is 0 Å². The highest BCUT2D eigenvalue weighted by molar-refractivity contribution is 7.09. The molecule has 8 nitrogen and oxygen atoms in total.